The molecule has 144 valence electrons. The summed E-state index contributed by atoms with van der Waals surface area (Å²) < 4.78 is 18.2. The molecule has 0 saturated carbocycles. The number of hydrogen-bond donors (Lipinski definition) is 0. The van der Waals surface area contributed by atoms with Crippen LogP contribution in [0.25, 0.3) is 16.9 Å². The highest BCUT2D eigenvalue weighted by Crippen LogP contribution is 2.38. The Morgan fingerprint density at radius 3 is 2.52 bits per heavy atom. The Labute approximate surface area is 173 Å². The van der Waals surface area contributed by atoms with Gasteiger partial charge in [-0.1, -0.05) is 11.6 Å². The van der Waals surface area contributed by atoms with Crippen LogP contribution in [0.2, 0.25) is 5.02 Å². The SMILES string of the molecule is Br.COc1cc(OC)c(-c2cn3ccc(N4CCOCC4)cc3n2)cc1Cl. The van der Waals surface area contributed by atoms with Gasteiger partial charge in [-0.25, -0.2) is 4.98 Å². The van der Waals surface area contributed by atoms with Gasteiger partial charge in [-0.2, -0.15) is 0 Å². The van der Waals surface area contributed by atoms with Gasteiger partial charge in [-0.15, -0.1) is 17.0 Å². The second-order valence-electron chi connectivity index (χ2n) is 6.06. The molecule has 1 aliphatic rings. The number of imidazole rings is 1. The zero-order valence-electron chi connectivity index (χ0n) is 15.1. The van der Waals surface area contributed by atoms with Gasteiger partial charge in [0, 0.05) is 48.9 Å². The minimum absolute atomic E-state index is 0. The van der Waals surface area contributed by atoms with E-state index in [1.165, 1.54) is 0 Å². The maximum absolute atomic E-state index is 6.30. The Morgan fingerprint density at radius 2 is 1.81 bits per heavy atom. The predicted molar refractivity (Wildman–Crippen MR) is 112 cm³/mol. The number of methoxy groups -OCH3 is 2. The normalized spacial score (nSPS) is 14.1. The van der Waals surface area contributed by atoms with Crippen molar-refractivity contribution in [2.75, 3.05) is 45.4 Å². The van der Waals surface area contributed by atoms with Crippen molar-refractivity contribution >= 4 is 39.9 Å². The molecule has 0 N–H and O–H groups in total. The Kier molecular flexibility index (Phi) is 6.14. The van der Waals surface area contributed by atoms with Crippen LogP contribution < -0.4 is 14.4 Å². The van der Waals surface area contributed by atoms with E-state index in [0.717, 1.165) is 48.9 Å². The molecule has 27 heavy (non-hydrogen) atoms. The summed E-state index contributed by atoms with van der Waals surface area (Å²) in [7, 11) is 3.21. The van der Waals surface area contributed by atoms with Crippen LogP contribution in [0.5, 0.6) is 11.5 Å². The second kappa shape index (κ2) is 8.37. The van der Waals surface area contributed by atoms with Crippen LogP contribution in [-0.4, -0.2) is 49.9 Å². The van der Waals surface area contributed by atoms with Crippen molar-refractivity contribution in [3.05, 3.63) is 41.7 Å². The average molecular weight is 455 g/mol. The van der Waals surface area contributed by atoms with Gasteiger partial charge in [0.05, 0.1) is 38.1 Å². The molecule has 2 aromatic heterocycles. The minimum Gasteiger partial charge on any atom is -0.496 e. The van der Waals surface area contributed by atoms with E-state index in [2.05, 4.69) is 17.0 Å². The second-order valence-corrected chi connectivity index (χ2v) is 6.47. The first-order valence-electron chi connectivity index (χ1n) is 8.43. The molecule has 0 unspecified atom stereocenters. The highest BCUT2D eigenvalue weighted by atomic mass is 79.9. The number of morpholine rings is 1. The largest absolute Gasteiger partial charge is 0.496 e. The van der Waals surface area contributed by atoms with Crippen molar-refractivity contribution in [2.24, 2.45) is 0 Å². The van der Waals surface area contributed by atoms with E-state index in [4.69, 9.17) is 30.8 Å². The van der Waals surface area contributed by atoms with E-state index in [-0.39, 0.29) is 17.0 Å². The Balaban J connectivity index is 0.00000210. The molecule has 1 aromatic carbocycles. The fraction of sp³-hybridized carbons (Fsp3) is 0.316. The third-order valence-electron chi connectivity index (χ3n) is 4.57. The van der Waals surface area contributed by atoms with E-state index < -0.39 is 0 Å². The summed E-state index contributed by atoms with van der Waals surface area (Å²) >= 11 is 6.30. The quantitative estimate of drug-likeness (QED) is 0.594. The highest BCUT2D eigenvalue weighted by molar-refractivity contribution is 8.93. The van der Waals surface area contributed by atoms with Gasteiger partial charge < -0.3 is 23.5 Å². The minimum atomic E-state index is 0. The number of fused-ring (bicyclic) bond motifs is 1. The van der Waals surface area contributed by atoms with Crippen molar-refractivity contribution in [1.29, 1.82) is 0 Å². The molecule has 3 aromatic rings. The lowest BCUT2D eigenvalue weighted by Crippen LogP contribution is -2.36. The van der Waals surface area contributed by atoms with E-state index in [1.54, 1.807) is 20.3 Å². The molecule has 1 fully saturated rings. The van der Waals surface area contributed by atoms with Crippen LogP contribution in [0.4, 0.5) is 5.69 Å². The molecule has 4 rings (SSSR count). The number of halogens is 2. The lowest BCUT2D eigenvalue weighted by molar-refractivity contribution is 0.122. The van der Waals surface area contributed by atoms with Gasteiger partial charge >= 0.3 is 0 Å². The van der Waals surface area contributed by atoms with Crippen LogP contribution in [0.3, 0.4) is 0 Å². The molecule has 0 amide bonds. The molecule has 1 saturated heterocycles. The summed E-state index contributed by atoms with van der Waals surface area (Å²) in [5.74, 6) is 1.24. The van der Waals surface area contributed by atoms with E-state index >= 15 is 0 Å². The summed E-state index contributed by atoms with van der Waals surface area (Å²) in [5, 5.41) is 0.523. The predicted octanol–water partition coefficient (Wildman–Crippen LogP) is 4.09. The van der Waals surface area contributed by atoms with Crippen molar-refractivity contribution in [3.8, 4) is 22.8 Å². The smallest absolute Gasteiger partial charge is 0.141 e. The molecule has 8 heteroatoms. The summed E-state index contributed by atoms with van der Waals surface area (Å²) in [6.07, 6.45) is 3.99. The Hall–Kier alpha value is -1.96. The number of ether oxygens (including phenoxy) is 3. The summed E-state index contributed by atoms with van der Waals surface area (Å²) in [6.45, 7) is 3.30. The van der Waals surface area contributed by atoms with Crippen LogP contribution in [0, 0.1) is 0 Å². The van der Waals surface area contributed by atoms with Gasteiger partial charge in [0.15, 0.2) is 0 Å². The third-order valence-corrected chi connectivity index (χ3v) is 4.87. The van der Waals surface area contributed by atoms with Crippen molar-refractivity contribution in [2.45, 2.75) is 0 Å². The van der Waals surface area contributed by atoms with Gasteiger partial charge in [0.2, 0.25) is 0 Å². The number of benzene rings is 1. The summed E-state index contributed by atoms with van der Waals surface area (Å²) in [5.41, 5.74) is 3.65. The van der Waals surface area contributed by atoms with E-state index in [0.29, 0.717) is 16.5 Å². The zero-order valence-corrected chi connectivity index (χ0v) is 17.6. The molecule has 0 aliphatic carbocycles. The van der Waals surface area contributed by atoms with Gasteiger partial charge in [-0.05, 0) is 12.1 Å². The summed E-state index contributed by atoms with van der Waals surface area (Å²) in [4.78, 5) is 7.08. The maximum atomic E-state index is 6.30. The molecule has 3 heterocycles. The van der Waals surface area contributed by atoms with Crippen LogP contribution in [-0.2, 0) is 4.74 Å². The van der Waals surface area contributed by atoms with Gasteiger partial charge in [0.1, 0.15) is 17.1 Å². The van der Waals surface area contributed by atoms with E-state index in [1.807, 2.05) is 22.9 Å². The molecule has 6 nitrogen and oxygen atoms in total. The summed E-state index contributed by atoms with van der Waals surface area (Å²) in [6, 6.07) is 7.79. The van der Waals surface area contributed by atoms with Gasteiger partial charge in [0.25, 0.3) is 0 Å². The molecular formula is C19H21BrClN3O3. The standard InChI is InChI=1S/C19H20ClN3O3.BrH/c1-24-17-11-18(25-2)15(20)10-14(17)16-12-23-4-3-13(9-19(23)21-16)22-5-7-26-8-6-22;/h3-4,9-12H,5-8H2,1-2H3;1H. The van der Waals surface area contributed by atoms with Crippen LogP contribution in [0.15, 0.2) is 36.7 Å². The third kappa shape index (κ3) is 3.85. The lowest BCUT2D eigenvalue weighted by atomic mass is 10.1. The topological polar surface area (TPSA) is 48.2 Å². The fourth-order valence-electron chi connectivity index (χ4n) is 3.18. The maximum Gasteiger partial charge on any atom is 0.141 e. The van der Waals surface area contributed by atoms with Crippen molar-refractivity contribution in [3.63, 3.8) is 0 Å². The lowest BCUT2D eigenvalue weighted by Gasteiger charge is -2.28. The first-order chi connectivity index (χ1) is 12.7. The number of anilines is 1. The van der Waals surface area contributed by atoms with Crippen LogP contribution in [0.1, 0.15) is 0 Å². The van der Waals surface area contributed by atoms with Crippen molar-refractivity contribution in [1.82, 2.24) is 9.38 Å². The monoisotopic (exact) mass is 453 g/mol. The fourth-order valence-corrected chi connectivity index (χ4v) is 3.42. The number of hydrogen-bond acceptors (Lipinski definition) is 5. The number of rotatable bonds is 4. The molecule has 0 bridgehead atoms. The number of nitrogens with zero attached hydrogens (tertiary/aromatic N) is 3. The van der Waals surface area contributed by atoms with Gasteiger partial charge in [-0.3, -0.25) is 0 Å². The molecule has 0 spiro atoms. The average Bonchev–Trinajstić information content (AvgIpc) is 3.11. The van der Waals surface area contributed by atoms with Crippen LogP contribution >= 0.6 is 28.6 Å². The first kappa shape index (κ1) is 19.8. The van der Waals surface area contributed by atoms with Crippen molar-refractivity contribution < 1.29 is 14.2 Å². The molecular weight excluding hydrogens is 434 g/mol. The molecule has 0 atom stereocenters. The number of pyridine rings is 1. The Bertz CT molecular complexity index is 941. The number of aromatic nitrogens is 2. The first-order valence-corrected chi connectivity index (χ1v) is 8.81. The Morgan fingerprint density at radius 1 is 1.07 bits per heavy atom. The zero-order chi connectivity index (χ0) is 18.1. The molecule has 0 radical (unpaired) electrons. The molecule has 1 aliphatic heterocycles. The highest BCUT2D eigenvalue weighted by Gasteiger charge is 2.16. The van der Waals surface area contributed by atoms with E-state index in [9.17, 15) is 0 Å².